The average Bonchev–Trinajstić information content (AvgIpc) is 2.42. The third kappa shape index (κ3) is 3.04. The molecule has 2 rings (SSSR count). The number of hydrogen-bond donors (Lipinski definition) is 2. The quantitative estimate of drug-likeness (QED) is 0.769. The lowest BCUT2D eigenvalue weighted by molar-refractivity contribution is -0.148. The van der Waals surface area contributed by atoms with Crippen molar-refractivity contribution in [3.05, 3.63) is 0 Å². The molecular formula is C13H22N2O5. The van der Waals surface area contributed by atoms with Crippen LogP contribution in [-0.4, -0.2) is 66.1 Å². The van der Waals surface area contributed by atoms with Gasteiger partial charge in [-0.15, -0.1) is 0 Å². The Balaban J connectivity index is 2.06. The Morgan fingerprint density at radius 2 is 1.95 bits per heavy atom. The molecule has 0 radical (unpaired) electrons. The van der Waals surface area contributed by atoms with Crippen LogP contribution in [0.5, 0.6) is 0 Å². The number of carboxylic acid groups (broad SMARTS) is 1. The van der Waals surface area contributed by atoms with E-state index in [-0.39, 0.29) is 18.2 Å². The van der Waals surface area contributed by atoms with Gasteiger partial charge in [-0.25, -0.2) is 9.59 Å². The maximum absolute atomic E-state index is 12.4. The predicted octanol–water partition coefficient (Wildman–Crippen LogP) is 0.439. The third-order valence-electron chi connectivity index (χ3n) is 3.97. The molecule has 2 heterocycles. The second-order valence-corrected chi connectivity index (χ2v) is 5.58. The number of amides is 2. The van der Waals surface area contributed by atoms with Crippen molar-refractivity contribution in [2.24, 2.45) is 0 Å². The number of carboxylic acids is 1. The molecule has 2 atom stereocenters. The molecule has 0 aliphatic carbocycles. The number of urea groups is 1. The van der Waals surface area contributed by atoms with Crippen LogP contribution >= 0.6 is 0 Å². The molecular weight excluding hydrogens is 264 g/mol. The summed E-state index contributed by atoms with van der Waals surface area (Å²) in [5.74, 6) is -0.997. The summed E-state index contributed by atoms with van der Waals surface area (Å²) in [5, 5.41) is 12.1. The summed E-state index contributed by atoms with van der Waals surface area (Å²) in [5.41, 5.74) is -1.21. The van der Waals surface area contributed by atoms with E-state index in [4.69, 9.17) is 9.47 Å². The van der Waals surface area contributed by atoms with Crippen LogP contribution in [0.4, 0.5) is 4.79 Å². The van der Waals surface area contributed by atoms with Gasteiger partial charge in [-0.1, -0.05) is 0 Å². The topological polar surface area (TPSA) is 88.1 Å². The minimum atomic E-state index is -1.21. The first-order chi connectivity index (χ1) is 9.44. The summed E-state index contributed by atoms with van der Waals surface area (Å²) in [4.78, 5) is 25.6. The van der Waals surface area contributed by atoms with Gasteiger partial charge >= 0.3 is 12.0 Å². The van der Waals surface area contributed by atoms with Gasteiger partial charge < -0.3 is 24.8 Å². The molecule has 2 unspecified atom stereocenters. The highest BCUT2D eigenvalue weighted by atomic mass is 16.5. The Hall–Kier alpha value is -1.34. The van der Waals surface area contributed by atoms with E-state index in [9.17, 15) is 14.7 Å². The van der Waals surface area contributed by atoms with Crippen molar-refractivity contribution in [2.75, 3.05) is 26.4 Å². The number of morpholine rings is 1. The van der Waals surface area contributed by atoms with Crippen LogP contribution in [0.2, 0.25) is 0 Å². The van der Waals surface area contributed by atoms with Crippen LogP contribution in [0.15, 0.2) is 0 Å². The first-order valence-corrected chi connectivity index (χ1v) is 6.96. The van der Waals surface area contributed by atoms with E-state index in [0.29, 0.717) is 39.2 Å². The summed E-state index contributed by atoms with van der Waals surface area (Å²) in [6, 6.07) is -0.395. The number of carbonyl (C=O) groups is 2. The fraction of sp³-hybridized carbons (Fsp3) is 0.846. The van der Waals surface area contributed by atoms with E-state index in [2.05, 4.69) is 5.32 Å². The van der Waals surface area contributed by atoms with Crippen molar-refractivity contribution in [2.45, 2.75) is 44.4 Å². The molecule has 2 aliphatic heterocycles. The molecule has 20 heavy (non-hydrogen) atoms. The maximum atomic E-state index is 12.4. The molecule has 2 amide bonds. The molecule has 0 aromatic carbocycles. The molecule has 0 aromatic rings. The molecule has 7 nitrogen and oxygen atoms in total. The summed E-state index contributed by atoms with van der Waals surface area (Å²) < 4.78 is 10.7. The van der Waals surface area contributed by atoms with Crippen molar-refractivity contribution < 1.29 is 24.2 Å². The highest BCUT2D eigenvalue weighted by molar-refractivity contribution is 5.86. The Morgan fingerprint density at radius 1 is 1.30 bits per heavy atom. The van der Waals surface area contributed by atoms with Crippen LogP contribution in [0.3, 0.4) is 0 Å². The molecule has 0 saturated carbocycles. The molecule has 2 fully saturated rings. The Kier molecular flexibility index (Phi) is 4.49. The smallest absolute Gasteiger partial charge is 0.329 e. The maximum Gasteiger partial charge on any atom is 0.329 e. The van der Waals surface area contributed by atoms with Gasteiger partial charge in [0.1, 0.15) is 5.54 Å². The number of carbonyl (C=O) groups excluding carboxylic acids is 1. The average molecular weight is 286 g/mol. The van der Waals surface area contributed by atoms with Crippen LogP contribution in [0.1, 0.15) is 26.7 Å². The second kappa shape index (κ2) is 5.97. The third-order valence-corrected chi connectivity index (χ3v) is 3.97. The van der Waals surface area contributed by atoms with E-state index in [0.717, 1.165) is 0 Å². The second-order valence-electron chi connectivity index (χ2n) is 5.58. The minimum absolute atomic E-state index is 0.0348. The van der Waals surface area contributed by atoms with Crippen molar-refractivity contribution in [3.63, 3.8) is 0 Å². The number of hydrogen-bond acceptors (Lipinski definition) is 4. The first-order valence-electron chi connectivity index (χ1n) is 6.96. The zero-order valence-electron chi connectivity index (χ0n) is 11.9. The molecule has 2 saturated heterocycles. The van der Waals surface area contributed by atoms with Crippen LogP contribution in [-0.2, 0) is 14.3 Å². The van der Waals surface area contributed by atoms with Gasteiger partial charge in [-0.3, -0.25) is 0 Å². The van der Waals surface area contributed by atoms with Gasteiger partial charge in [0.2, 0.25) is 0 Å². The van der Waals surface area contributed by atoms with Gasteiger partial charge in [-0.05, 0) is 13.8 Å². The Bertz CT molecular complexity index is 381. The lowest BCUT2D eigenvalue weighted by atomic mass is 9.90. The SMILES string of the molecule is CC1CN(C(=O)NC2(C(=O)O)CCOCC2)C(C)CO1. The van der Waals surface area contributed by atoms with E-state index in [1.54, 1.807) is 4.90 Å². The largest absolute Gasteiger partial charge is 0.480 e. The lowest BCUT2D eigenvalue weighted by Gasteiger charge is -2.40. The van der Waals surface area contributed by atoms with E-state index < -0.39 is 11.5 Å². The van der Waals surface area contributed by atoms with Crippen LogP contribution in [0.25, 0.3) is 0 Å². The van der Waals surface area contributed by atoms with Gasteiger partial charge in [0.05, 0.1) is 18.8 Å². The van der Waals surface area contributed by atoms with Crippen molar-refractivity contribution in [1.29, 1.82) is 0 Å². The molecule has 2 N–H and O–H groups in total. The zero-order chi connectivity index (χ0) is 14.8. The minimum Gasteiger partial charge on any atom is -0.480 e. The lowest BCUT2D eigenvalue weighted by Crippen LogP contribution is -2.63. The standard InChI is InChI=1S/C13H22N2O5/c1-9-8-20-10(2)7-15(9)12(18)14-13(11(16)17)3-5-19-6-4-13/h9-10H,3-8H2,1-2H3,(H,14,18)(H,16,17). The first kappa shape index (κ1) is 15.1. The van der Waals surface area contributed by atoms with Gasteiger partial charge in [0, 0.05) is 32.6 Å². The highest BCUT2D eigenvalue weighted by Crippen LogP contribution is 2.22. The zero-order valence-corrected chi connectivity index (χ0v) is 11.9. The van der Waals surface area contributed by atoms with Crippen LogP contribution < -0.4 is 5.32 Å². The number of rotatable bonds is 2. The summed E-state index contributed by atoms with van der Waals surface area (Å²) >= 11 is 0. The molecule has 7 heteroatoms. The highest BCUT2D eigenvalue weighted by Gasteiger charge is 2.43. The van der Waals surface area contributed by atoms with Crippen LogP contribution in [0, 0.1) is 0 Å². The van der Waals surface area contributed by atoms with Crippen molar-refractivity contribution in [1.82, 2.24) is 10.2 Å². The fourth-order valence-corrected chi connectivity index (χ4v) is 2.57. The number of aliphatic carboxylic acids is 1. The summed E-state index contributed by atoms with van der Waals surface area (Å²) in [6.45, 7) is 5.43. The molecule has 0 bridgehead atoms. The summed E-state index contributed by atoms with van der Waals surface area (Å²) in [6.07, 6.45) is 0.553. The summed E-state index contributed by atoms with van der Waals surface area (Å²) in [7, 11) is 0. The normalized spacial score (nSPS) is 29.8. The van der Waals surface area contributed by atoms with Crippen molar-refractivity contribution in [3.8, 4) is 0 Å². The molecule has 0 spiro atoms. The van der Waals surface area contributed by atoms with Crippen molar-refractivity contribution >= 4 is 12.0 Å². The fourth-order valence-electron chi connectivity index (χ4n) is 2.57. The van der Waals surface area contributed by atoms with E-state index in [1.807, 2.05) is 13.8 Å². The monoisotopic (exact) mass is 286 g/mol. The van der Waals surface area contributed by atoms with Gasteiger partial charge in [0.25, 0.3) is 0 Å². The Labute approximate surface area is 118 Å². The molecule has 114 valence electrons. The number of nitrogens with one attached hydrogen (secondary N) is 1. The number of nitrogens with zero attached hydrogens (tertiary/aromatic N) is 1. The van der Waals surface area contributed by atoms with E-state index in [1.165, 1.54) is 0 Å². The number of ether oxygens (including phenoxy) is 2. The predicted molar refractivity (Wildman–Crippen MR) is 70.5 cm³/mol. The van der Waals surface area contributed by atoms with Gasteiger partial charge in [0.15, 0.2) is 0 Å². The van der Waals surface area contributed by atoms with E-state index >= 15 is 0 Å². The molecule has 2 aliphatic rings. The van der Waals surface area contributed by atoms with Gasteiger partial charge in [-0.2, -0.15) is 0 Å². The molecule has 0 aromatic heterocycles. The Morgan fingerprint density at radius 3 is 2.55 bits per heavy atom.